The molecule has 2 rings (SSSR count). The number of hydrogen-bond donors (Lipinski definition) is 1. The number of nitrogens with two attached hydrogens (primary N) is 1. The van der Waals surface area contributed by atoms with Crippen LogP contribution >= 0.6 is 11.8 Å². The van der Waals surface area contributed by atoms with Gasteiger partial charge in [0.25, 0.3) is 0 Å². The van der Waals surface area contributed by atoms with E-state index >= 15 is 0 Å². The molecular formula is C15H9N5S. The van der Waals surface area contributed by atoms with Gasteiger partial charge >= 0.3 is 0 Å². The van der Waals surface area contributed by atoms with Crippen molar-refractivity contribution in [2.45, 2.75) is 10.8 Å². The van der Waals surface area contributed by atoms with Crippen LogP contribution in [0.25, 0.3) is 0 Å². The molecule has 1 heterocycles. The molecule has 1 aromatic heterocycles. The SMILES string of the molecule is N#Cc1ccccc1CSc1nc(N)c(C#N)cc1C#N. The van der Waals surface area contributed by atoms with E-state index in [4.69, 9.17) is 21.5 Å². The van der Waals surface area contributed by atoms with Crippen molar-refractivity contribution in [3.05, 3.63) is 52.6 Å². The van der Waals surface area contributed by atoms with Crippen molar-refractivity contribution in [1.29, 1.82) is 15.8 Å². The number of anilines is 1. The molecule has 0 bridgehead atoms. The van der Waals surface area contributed by atoms with Crippen LogP contribution in [0.1, 0.15) is 22.3 Å². The highest BCUT2D eigenvalue weighted by atomic mass is 32.2. The summed E-state index contributed by atoms with van der Waals surface area (Å²) in [5, 5.41) is 27.5. The van der Waals surface area contributed by atoms with E-state index in [1.807, 2.05) is 24.3 Å². The van der Waals surface area contributed by atoms with Gasteiger partial charge in [0.05, 0.1) is 22.8 Å². The standard InChI is InChI=1S/C15H9N5S/c16-6-10-3-1-2-4-11(10)9-21-15-13(8-18)5-12(7-17)14(19)20-15/h1-5H,9H2,(H2,19,20). The van der Waals surface area contributed by atoms with Crippen molar-refractivity contribution in [1.82, 2.24) is 4.98 Å². The Morgan fingerprint density at radius 1 is 1.00 bits per heavy atom. The summed E-state index contributed by atoms with van der Waals surface area (Å²) in [4.78, 5) is 4.10. The van der Waals surface area contributed by atoms with E-state index in [0.29, 0.717) is 21.9 Å². The quantitative estimate of drug-likeness (QED) is 0.870. The van der Waals surface area contributed by atoms with Crippen molar-refractivity contribution in [2.75, 3.05) is 5.73 Å². The molecule has 5 nitrogen and oxygen atoms in total. The molecule has 0 aliphatic carbocycles. The molecule has 0 saturated carbocycles. The normalized spacial score (nSPS) is 9.38. The molecule has 0 fully saturated rings. The number of nitrogen functional groups attached to an aromatic ring is 1. The van der Waals surface area contributed by atoms with Crippen LogP contribution in [0.2, 0.25) is 0 Å². The predicted molar refractivity (Wildman–Crippen MR) is 78.8 cm³/mol. The van der Waals surface area contributed by atoms with Gasteiger partial charge in [-0.3, -0.25) is 0 Å². The second kappa shape index (κ2) is 6.43. The number of hydrogen-bond acceptors (Lipinski definition) is 6. The lowest BCUT2D eigenvalue weighted by atomic mass is 10.1. The third-order valence-corrected chi connectivity index (χ3v) is 3.80. The van der Waals surface area contributed by atoms with Crippen molar-refractivity contribution < 1.29 is 0 Å². The summed E-state index contributed by atoms with van der Waals surface area (Å²) in [6.07, 6.45) is 0. The van der Waals surface area contributed by atoms with Crippen molar-refractivity contribution in [3.8, 4) is 18.2 Å². The summed E-state index contributed by atoms with van der Waals surface area (Å²) >= 11 is 1.31. The lowest BCUT2D eigenvalue weighted by Gasteiger charge is -2.06. The summed E-state index contributed by atoms with van der Waals surface area (Å²) in [5.41, 5.74) is 7.61. The van der Waals surface area contributed by atoms with Gasteiger partial charge in [0.1, 0.15) is 23.0 Å². The minimum absolute atomic E-state index is 0.104. The Morgan fingerprint density at radius 3 is 2.33 bits per heavy atom. The van der Waals surface area contributed by atoms with Gasteiger partial charge in [0, 0.05) is 5.75 Å². The molecule has 2 aromatic rings. The summed E-state index contributed by atoms with van der Waals surface area (Å²) in [6.45, 7) is 0. The molecule has 0 saturated heterocycles. The van der Waals surface area contributed by atoms with Crippen molar-refractivity contribution in [2.24, 2.45) is 0 Å². The number of nitrogens with zero attached hydrogens (tertiary/aromatic N) is 4. The second-order valence-corrected chi connectivity index (χ2v) is 5.02. The number of aromatic nitrogens is 1. The molecular weight excluding hydrogens is 282 g/mol. The fraction of sp³-hybridized carbons (Fsp3) is 0.0667. The Bertz CT molecular complexity index is 808. The second-order valence-electron chi connectivity index (χ2n) is 4.06. The summed E-state index contributed by atoms with van der Waals surface area (Å²) in [6, 6.07) is 14.7. The van der Waals surface area contributed by atoms with Crippen molar-refractivity contribution in [3.63, 3.8) is 0 Å². The van der Waals surface area contributed by atoms with Crippen LogP contribution in [0, 0.1) is 34.0 Å². The minimum Gasteiger partial charge on any atom is -0.383 e. The third-order valence-electron chi connectivity index (χ3n) is 2.76. The van der Waals surface area contributed by atoms with Crippen LogP contribution in [0.3, 0.4) is 0 Å². The molecule has 0 atom stereocenters. The van der Waals surface area contributed by atoms with Gasteiger partial charge < -0.3 is 5.73 Å². The van der Waals surface area contributed by atoms with E-state index in [-0.39, 0.29) is 11.4 Å². The third kappa shape index (κ3) is 3.12. The zero-order chi connectivity index (χ0) is 15.2. The molecule has 2 N–H and O–H groups in total. The van der Waals surface area contributed by atoms with Gasteiger partial charge in [-0.1, -0.05) is 18.2 Å². The molecule has 0 radical (unpaired) electrons. The van der Waals surface area contributed by atoms with Gasteiger partial charge in [-0.05, 0) is 17.7 Å². The van der Waals surface area contributed by atoms with Gasteiger partial charge in [-0.2, -0.15) is 15.8 Å². The van der Waals surface area contributed by atoms with E-state index in [1.165, 1.54) is 17.8 Å². The lowest BCUT2D eigenvalue weighted by Crippen LogP contribution is -1.99. The Labute approximate surface area is 126 Å². The summed E-state index contributed by atoms with van der Waals surface area (Å²) in [5.74, 6) is 0.601. The molecule has 0 spiro atoms. The zero-order valence-electron chi connectivity index (χ0n) is 10.9. The zero-order valence-corrected chi connectivity index (χ0v) is 11.7. The molecule has 0 aliphatic heterocycles. The molecule has 21 heavy (non-hydrogen) atoms. The molecule has 0 aliphatic rings. The van der Waals surface area contributed by atoms with E-state index < -0.39 is 0 Å². The van der Waals surface area contributed by atoms with E-state index in [1.54, 1.807) is 12.1 Å². The Balaban J connectivity index is 2.29. The average molecular weight is 291 g/mol. The molecule has 1 aromatic carbocycles. The Hall–Kier alpha value is -3.01. The number of thioether (sulfide) groups is 1. The van der Waals surface area contributed by atoms with Gasteiger partial charge in [-0.25, -0.2) is 4.98 Å². The maximum Gasteiger partial charge on any atom is 0.142 e. The highest BCUT2D eigenvalue weighted by molar-refractivity contribution is 7.98. The molecule has 100 valence electrons. The molecule has 6 heteroatoms. The maximum atomic E-state index is 9.12. The molecule has 0 unspecified atom stereocenters. The number of pyridine rings is 1. The molecule has 0 amide bonds. The predicted octanol–water partition coefficient (Wildman–Crippen LogP) is 2.57. The summed E-state index contributed by atoms with van der Waals surface area (Å²) < 4.78 is 0. The fourth-order valence-corrected chi connectivity index (χ4v) is 2.66. The summed E-state index contributed by atoms with van der Waals surface area (Å²) in [7, 11) is 0. The first-order valence-electron chi connectivity index (χ1n) is 5.91. The number of nitriles is 3. The monoisotopic (exact) mass is 291 g/mol. The number of benzene rings is 1. The average Bonchev–Trinajstić information content (AvgIpc) is 2.53. The van der Waals surface area contributed by atoms with E-state index in [9.17, 15) is 0 Å². The van der Waals surface area contributed by atoms with Gasteiger partial charge in [-0.15, -0.1) is 11.8 Å². The van der Waals surface area contributed by atoms with Crippen LogP contribution in [0.4, 0.5) is 5.82 Å². The van der Waals surface area contributed by atoms with Crippen LogP contribution in [0.15, 0.2) is 35.4 Å². The van der Waals surface area contributed by atoms with Crippen molar-refractivity contribution >= 4 is 17.6 Å². The highest BCUT2D eigenvalue weighted by Crippen LogP contribution is 2.27. The fourth-order valence-electron chi connectivity index (χ4n) is 1.69. The maximum absolute atomic E-state index is 9.12. The number of rotatable bonds is 3. The minimum atomic E-state index is 0.104. The van der Waals surface area contributed by atoms with E-state index in [0.717, 1.165) is 5.56 Å². The Kier molecular flexibility index (Phi) is 4.41. The van der Waals surface area contributed by atoms with Crippen LogP contribution < -0.4 is 5.73 Å². The first kappa shape index (κ1) is 14.4. The van der Waals surface area contributed by atoms with E-state index in [2.05, 4.69) is 11.1 Å². The van der Waals surface area contributed by atoms with Crippen LogP contribution in [0.5, 0.6) is 0 Å². The topological polar surface area (TPSA) is 110 Å². The largest absolute Gasteiger partial charge is 0.383 e. The smallest absolute Gasteiger partial charge is 0.142 e. The lowest BCUT2D eigenvalue weighted by molar-refractivity contribution is 1.11. The Morgan fingerprint density at radius 2 is 1.67 bits per heavy atom. The first-order chi connectivity index (χ1) is 10.2. The first-order valence-corrected chi connectivity index (χ1v) is 6.89. The van der Waals surface area contributed by atoms with Gasteiger partial charge in [0.2, 0.25) is 0 Å². The van der Waals surface area contributed by atoms with Gasteiger partial charge in [0.15, 0.2) is 0 Å². The van der Waals surface area contributed by atoms with Crippen LogP contribution in [-0.4, -0.2) is 4.98 Å². The highest BCUT2D eigenvalue weighted by Gasteiger charge is 2.11. The van der Waals surface area contributed by atoms with Crippen LogP contribution in [-0.2, 0) is 5.75 Å².